The third-order valence-electron chi connectivity index (χ3n) is 6.95. The maximum absolute atomic E-state index is 12.2. The average molecular weight is 444 g/mol. The number of ether oxygens (including phenoxy) is 1. The number of anilines is 1. The number of benzene rings is 1. The van der Waals surface area contributed by atoms with E-state index in [0.717, 1.165) is 53.2 Å². The van der Waals surface area contributed by atoms with Crippen molar-refractivity contribution in [2.24, 2.45) is 0 Å². The number of amides is 1. The summed E-state index contributed by atoms with van der Waals surface area (Å²) in [6.07, 6.45) is 7.03. The smallest absolute Gasteiger partial charge is 0.228 e. The van der Waals surface area contributed by atoms with E-state index in [4.69, 9.17) is 9.72 Å². The molecule has 2 aliphatic rings. The van der Waals surface area contributed by atoms with E-state index >= 15 is 0 Å². The minimum Gasteiger partial charge on any atom is -0.480 e. The highest BCUT2D eigenvalue weighted by molar-refractivity contribution is 5.99. The molecule has 168 valence electrons. The van der Waals surface area contributed by atoms with Crippen molar-refractivity contribution in [2.45, 2.75) is 44.2 Å². The van der Waals surface area contributed by atoms with E-state index in [2.05, 4.69) is 38.5 Å². The molecule has 9 heteroatoms. The maximum atomic E-state index is 12.2. The SMILES string of the molecule is COc1nc(NC2CC(C)(N3CCCC3=O)C2)nc2[nH]cc(-c3ccc4nnccc4c3)c12. The van der Waals surface area contributed by atoms with Gasteiger partial charge in [0, 0.05) is 41.7 Å². The first-order valence-electron chi connectivity index (χ1n) is 11.3. The predicted octanol–water partition coefficient (Wildman–Crippen LogP) is 3.53. The molecule has 1 amide bonds. The van der Waals surface area contributed by atoms with Gasteiger partial charge in [-0.25, -0.2) is 0 Å². The second-order valence-electron chi connectivity index (χ2n) is 9.18. The topological polar surface area (TPSA) is 109 Å². The predicted molar refractivity (Wildman–Crippen MR) is 125 cm³/mol. The summed E-state index contributed by atoms with van der Waals surface area (Å²) in [5.41, 5.74) is 3.48. The minimum absolute atomic E-state index is 0.0699. The molecule has 1 saturated heterocycles. The molecule has 1 aliphatic carbocycles. The van der Waals surface area contributed by atoms with Gasteiger partial charge >= 0.3 is 0 Å². The summed E-state index contributed by atoms with van der Waals surface area (Å²) in [6.45, 7) is 3.04. The summed E-state index contributed by atoms with van der Waals surface area (Å²) in [5.74, 6) is 1.32. The van der Waals surface area contributed by atoms with Gasteiger partial charge in [-0.1, -0.05) is 6.07 Å². The van der Waals surface area contributed by atoms with Gasteiger partial charge in [0.2, 0.25) is 17.7 Å². The monoisotopic (exact) mass is 443 g/mol. The largest absolute Gasteiger partial charge is 0.480 e. The highest BCUT2D eigenvalue weighted by Gasteiger charge is 2.48. The summed E-state index contributed by atoms with van der Waals surface area (Å²) in [4.78, 5) is 26.8. The van der Waals surface area contributed by atoms with Crippen molar-refractivity contribution in [1.29, 1.82) is 0 Å². The van der Waals surface area contributed by atoms with Crippen molar-refractivity contribution in [3.05, 3.63) is 36.7 Å². The number of aromatic amines is 1. The molecule has 1 aliphatic heterocycles. The molecule has 33 heavy (non-hydrogen) atoms. The average Bonchev–Trinajstić information content (AvgIpc) is 3.43. The summed E-state index contributed by atoms with van der Waals surface area (Å²) >= 11 is 0. The van der Waals surface area contributed by atoms with E-state index < -0.39 is 0 Å². The Hall–Kier alpha value is -3.75. The van der Waals surface area contributed by atoms with Crippen molar-refractivity contribution in [1.82, 2.24) is 30.0 Å². The van der Waals surface area contributed by atoms with E-state index in [1.165, 1.54) is 0 Å². The first kappa shape index (κ1) is 19.9. The quantitative estimate of drug-likeness (QED) is 0.486. The fourth-order valence-electron chi connectivity index (χ4n) is 5.32. The number of hydrogen-bond acceptors (Lipinski definition) is 7. The Labute approximate surface area is 190 Å². The lowest BCUT2D eigenvalue weighted by Crippen LogP contribution is -2.59. The van der Waals surface area contributed by atoms with Crippen LogP contribution in [0.4, 0.5) is 5.95 Å². The molecule has 3 aromatic heterocycles. The number of H-pyrrole nitrogens is 1. The Balaban J connectivity index is 1.27. The van der Waals surface area contributed by atoms with Gasteiger partial charge in [-0.2, -0.15) is 20.2 Å². The molecule has 1 aromatic carbocycles. The lowest BCUT2D eigenvalue weighted by molar-refractivity contribution is -0.136. The summed E-state index contributed by atoms with van der Waals surface area (Å²) in [7, 11) is 1.62. The van der Waals surface area contributed by atoms with Crippen LogP contribution in [0.5, 0.6) is 5.88 Å². The molecule has 9 nitrogen and oxygen atoms in total. The number of nitrogens with zero attached hydrogens (tertiary/aromatic N) is 5. The molecule has 2 N–H and O–H groups in total. The summed E-state index contributed by atoms with van der Waals surface area (Å²) in [5, 5.41) is 13.4. The van der Waals surface area contributed by atoms with Crippen LogP contribution < -0.4 is 10.1 Å². The third-order valence-corrected chi connectivity index (χ3v) is 6.95. The van der Waals surface area contributed by atoms with Crippen molar-refractivity contribution < 1.29 is 9.53 Å². The van der Waals surface area contributed by atoms with E-state index in [1.54, 1.807) is 13.3 Å². The van der Waals surface area contributed by atoms with Crippen LogP contribution in [0.2, 0.25) is 0 Å². The number of rotatable bonds is 5. The van der Waals surface area contributed by atoms with Crippen LogP contribution in [0.15, 0.2) is 36.7 Å². The van der Waals surface area contributed by atoms with Crippen molar-refractivity contribution in [3.63, 3.8) is 0 Å². The second-order valence-corrected chi connectivity index (χ2v) is 9.18. The fraction of sp³-hybridized carbons (Fsp3) is 0.375. The first-order valence-corrected chi connectivity index (χ1v) is 11.3. The van der Waals surface area contributed by atoms with Crippen LogP contribution in [0.1, 0.15) is 32.6 Å². The molecule has 2 fully saturated rings. The molecule has 4 aromatic rings. The molecular weight excluding hydrogens is 418 g/mol. The van der Waals surface area contributed by atoms with Gasteiger partial charge in [0.15, 0.2) is 0 Å². The second kappa shape index (κ2) is 7.40. The zero-order valence-corrected chi connectivity index (χ0v) is 18.6. The Morgan fingerprint density at radius 2 is 2.12 bits per heavy atom. The number of carbonyl (C=O) groups excluding carboxylic acids is 1. The summed E-state index contributed by atoms with van der Waals surface area (Å²) < 4.78 is 5.66. The summed E-state index contributed by atoms with van der Waals surface area (Å²) in [6, 6.07) is 8.21. The number of fused-ring (bicyclic) bond motifs is 2. The molecule has 4 heterocycles. The number of carbonyl (C=O) groups is 1. The van der Waals surface area contributed by atoms with Gasteiger partial charge in [0.25, 0.3) is 0 Å². The van der Waals surface area contributed by atoms with E-state index in [9.17, 15) is 4.79 Å². The Morgan fingerprint density at radius 1 is 1.24 bits per heavy atom. The van der Waals surface area contributed by atoms with Gasteiger partial charge in [-0.3, -0.25) is 4.79 Å². The van der Waals surface area contributed by atoms with Crippen LogP contribution in [-0.4, -0.2) is 61.2 Å². The Kier molecular flexibility index (Phi) is 4.46. The van der Waals surface area contributed by atoms with E-state index in [-0.39, 0.29) is 17.5 Å². The highest BCUT2D eigenvalue weighted by atomic mass is 16.5. The van der Waals surface area contributed by atoms with Crippen LogP contribution >= 0.6 is 0 Å². The van der Waals surface area contributed by atoms with Crippen molar-refractivity contribution >= 4 is 33.8 Å². The molecule has 0 bridgehead atoms. The normalized spacial score (nSPS) is 22.7. The number of aromatic nitrogens is 5. The molecule has 0 atom stereocenters. The lowest BCUT2D eigenvalue weighted by Gasteiger charge is -2.51. The molecule has 0 radical (unpaired) electrons. The standard InChI is InChI=1S/C24H25N7O2/c1-24(31-9-3-4-19(31)32)11-16(12-24)27-23-28-21-20(22(29-23)33-2)17(13-25-21)14-5-6-18-15(10-14)7-8-26-30-18/h5-8,10,13,16H,3-4,9,11-12H2,1-2H3,(H2,25,27,28,29). The van der Waals surface area contributed by atoms with Gasteiger partial charge in [-0.05, 0) is 49.9 Å². The van der Waals surface area contributed by atoms with Crippen LogP contribution in [0.25, 0.3) is 33.1 Å². The zero-order valence-electron chi connectivity index (χ0n) is 18.6. The number of hydrogen-bond donors (Lipinski definition) is 2. The fourth-order valence-corrected chi connectivity index (χ4v) is 5.32. The Bertz CT molecular complexity index is 1380. The van der Waals surface area contributed by atoms with Gasteiger partial charge < -0.3 is 19.9 Å². The van der Waals surface area contributed by atoms with Crippen LogP contribution in [-0.2, 0) is 4.79 Å². The van der Waals surface area contributed by atoms with E-state index in [0.29, 0.717) is 23.9 Å². The van der Waals surface area contributed by atoms with Crippen molar-refractivity contribution in [3.8, 4) is 17.0 Å². The third kappa shape index (κ3) is 3.26. The van der Waals surface area contributed by atoms with Crippen molar-refractivity contribution in [2.75, 3.05) is 19.0 Å². The molecule has 0 unspecified atom stereocenters. The molecule has 0 spiro atoms. The lowest BCUT2D eigenvalue weighted by atomic mass is 9.73. The van der Waals surface area contributed by atoms with Crippen LogP contribution in [0, 0.1) is 0 Å². The zero-order chi connectivity index (χ0) is 22.6. The number of nitrogens with one attached hydrogen (secondary N) is 2. The van der Waals surface area contributed by atoms with Gasteiger partial charge in [-0.15, -0.1) is 0 Å². The first-order chi connectivity index (χ1) is 16.0. The van der Waals surface area contributed by atoms with Gasteiger partial charge in [0.1, 0.15) is 5.65 Å². The molecular formula is C24H25N7O2. The molecule has 1 saturated carbocycles. The maximum Gasteiger partial charge on any atom is 0.228 e. The highest BCUT2D eigenvalue weighted by Crippen LogP contribution is 2.42. The minimum atomic E-state index is -0.0699. The van der Waals surface area contributed by atoms with Crippen LogP contribution in [0.3, 0.4) is 0 Å². The van der Waals surface area contributed by atoms with E-state index in [1.807, 2.05) is 29.3 Å². The number of methoxy groups -OCH3 is 1. The van der Waals surface area contributed by atoms with Gasteiger partial charge in [0.05, 0.1) is 24.2 Å². The molecule has 6 rings (SSSR count). The Morgan fingerprint density at radius 3 is 2.91 bits per heavy atom. The number of likely N-dealkylation sites (tertiary alicyclic amines) is 1.